The molecule has 18 heavy (non-hydrogen) atoms. The molecule has 1 saturated heterocycles. The monoisotopic (exact) mass is 249 g/mol. The van der Waals surface area contributed by atoms with Crippen molar-refractivity contribution in [1.82, 2.24) is 4.90 Å². The molecule has 0 saturated carbocycles. The number of rotatable bonds is 4. The van der Waals surface area contributed by atoms with E-state index < -0.39 is 6.10 Å². The van der Waals surface area contributed by atoms with E-state index in [1.54, 1.807) is 7.11 Å². The first-order chi connectivity index (χ1) is 8.52. The van der Waals surface area contributed by atoms with Crippen LogP contribution in [0.1, 0.15) is 31.9 Å². The van der Waals surface area contributed by atoms with E-state index in [0.717, 1.165) is 24.4 Å². The molecule has 1 unspecified atom stereocenters. The molecule has 1 atom stereocenters. The van der Waals surface area contributed by atoms with Crippen LogP contribution in [0.5, 0.6) is 5.75 Å². The van der Waals surface area contributed by atoms with Crippen molar-refractivity contribution in [2.24, 2.45) is 5.41 Å². The van der Waals surface area contributed by atoms with Crippen molar-refractivity contribution in [3.63, 3.8) is 0 Å². The number of aliphatic hydroxyl groups excluding tert-OH is 1. The zero-order valence-corrected chi connectivity index (χ0v) is 11.5. The van der Waals surface area contributed by atoms with Gasteiger partial charge >= 0.3 is 0 Å². The molecule has 100 valence electrons. The second-order valence-corrected chi connectivity index (χ2v) is 5.91. The van der Waals surface area contributed by atoms with Crippen LogP contribution in [0.25, 0.3) is 0 Å². The molecule has 0 spiro atoms. The summed E-state index contributed by atoms with van der Waals surface area (Å²) in [5.41, 5.74) is 1.25. The van der Waals surface area contributed by atoms with Gasteiger partial charge in [-0.25, -0.2) is 0 Å². The van der Waals surface area contributed by atoms with Gasteiger partial charge in [0.05, 0.1) is 13.2 Å². The maximum absolute atomic E-state index is 10.3. The fourth-order valence-electron chi connectivity index (χ4n) is 2.66. The van der Waals surface area contributed by atoms with E-state index in [-0.39, 0.29) is 0 Å². The van der Waals surface area contributed by atoms with Gasteiger partial charge in [0.1, 0.15) is 5.75 Å². The summed E-state index contributed by atoms with van der Waals surface area (Å²) in [6, 6.07) is 7.69. The zero-order valence-electron chi connectivity index (χ0n) is 11.5. The Kier molecular flexibility index (Phi) is 3.93. The van der Waals surface area contributed by atoms with Crippen molar-refractivity contribution in [2.75, 3.05) is 26.7 Å². The number of para-hydroxylation sites is 1. The number of benzene rings is 1. The molecule has 0 aliphatic carbocycles. The summed E-state index contributed by atoms with van der Waals surface area (Å²) in [5.74, 6) is 0.767. The predicted molar refractivity (Wildman–Crippen MR) is 72.8 cm³/mol. The summed E-state index contributed by atoms with van der Waals surface area (Å²) in [6.45, 7) is 7.37. The Balaban J connectivity index is 2.02. The number of ether oxygens (including phenoxy) is 1. The second-order valence-electron chi connectivity index (χ2n) is 5.91. The third-order valence-corrected chi connectivity index (χ3v) is 3.69. The molecule has 1 fully saturated rings. The molecule has 1 aliphatic heterocycles. The van der Waals surface area contributed by atoms with Crippen molar-refractivity contribution in [1.29, 1.82) is 0 Å². The SMILES string of the molecule is COc1ccccc1C(O)CN1CCC(C)(C)C1. The molecule has 0 radical (unpaired) electrons. The Morgan fingerprint density at radius 2 is 2.11 bits per heavy atom. The van der Waals surface area contributed by atoms with Crippen molar-refractivity contribution in [2.45, 2.75) is 26.4 Å². The van der Waals surface area contributed by atoms with E-state index in [1.807, 2.05) is 24.3 Å². The number of aliphatic hydroxyl groups is 1. The second kappa shape index (κ2) is 5.29. The average Bonchev–Trinajstić information content (AvgIpc) is 2.68. The predicted octanol–water partition coefficient (Wildman–Crippen LogP) is 2.46. The summed E-state index contributed by atoms with van der Waals surface area (Å²) in [6.07, 6.45) is 0.723. The molecule has 1 aliphatic rings. The summed E-state index contributed by atoms with van der Waals surface area (Å²) in [4.78, 5) is 2.33. The lowest BCUT2D eigenvalue weighted by molar-refractivity contribution is 0.118. The van der Waals surface area contributed by atoms with Crippen molar-refractivity contribution in [3.05, 3.63) is 29.8 Å². The summed E-state index contributed by atoms with van der Waals surface area (Å²) < 4.78 is 5.29. The van der Waals surface area contributed by atoms with Crippen LogP contribution in [-0.2, 0) is 0 Å². The molecule has 0 aromatic heterocycles. The van der Waals surface area contributed by atoms with Crippen LogP contribution in [0.15, 0.2) is 24.3 Å². The summed E-state index contributed by atoms with van der Waals surface area (Å²) in [7, 11) is 1.64. The largest absolute Gasteiger partial charge is 0.496 e. The molecule has 1 heterocycles. The van der Waals surface area contributed by atoms with E-state index in [2.05, 4.69) is 18.7 Å². The first-order valence-corrected chi connectivity index (χ1v) is 6.55. The minimum atomic E-state index is -0.477. The van der Waals surface area contributed by atoms with Crippen molar-refractivity contribution >= 4 is 0 Å². The first-order valence-electron chi connectivity index (χ1n) is 6.55. The van der Waals surface area contributed by atoms with Gasteiger partial charge in [-0.1, -0.05) is 32.0 Å². The molecular weight excluding hydrogens is 226 g/mol. The van der Waals surface area contributed by atoms with Crippen LogP contribution in [0.4, 0.5) is 0 Å². The van der Waals surface area contributed by atoms with Crippen LogP contribution in [-0.4, -0.2) is 36.8 Å². The fraction of sp³-hybridized carbons (Fsp3) is 0.600. The van der Waals surface area contributed by atoms with Gasteiger partial charge in [0.15, 0.2) is 0 Å². The molecule has 1 aromatic rings. The van der Waals surface area contributed by atoms with Crippen LogP contribution in [0, 0.1) is 5.41 Å². The molecule has 1 aromatic carbocycles. The first kappa shape index (κ1) is 13.4. The number of methoxy groups -OCH3 is 1. The summed E-state index contributed by atoms with van der Waals surface area (Å²) >= 11 is 0. The van der Waals surface area contributed by atoms with Crippen LogP contribution >= 0.6 is 0 Å². The smallest absolute Gasteiger partial charge is 0.124 e. The molecule has 2 rings (SSSR count). The van der Waals surface area contributed by atoms with Gasteiger partial charge in [-0.2, -0.15) is 0 Å². The number of likely N-dealkylation sites (tertiary alicyclic amines) is 1. The maximum Gasteiger partial charge on any atom is 0.124 e. The van der Waals surface area contributed by atoms with E-state index in [1.165, 1.54) is 6.42 Å². The Hall–Kier alpha value is -1.06. The quantitative estimate of drug-likeness (QED) is 0.889. The lowest BCUT2D eigenvalue weighted by Crippen LogP contribution is -2.28. The van der Waals surface area contributed by atoms with Gasteiger partial charge in [-0.3, -0.25) is 4.90 Å². The maximum atomic E-state index is 10.3. The van der Waals surface area contributed by atoms with Gasteiger partial charge in [0.2, 0.25) is 0 Å². The van der Waals surface area contributed by atoms with Gasteiger partial charge in [0.25, 0.3) is 0 Å². The number of hydrogen-bond donors (Lipinski definition) is 1. The Labute approximate surface area is 109 Å². The van der Waals surface area contributed by atoms with Gasteiger partial charge in [-0.05, 0) is 24.4 Å². The van der Waals surface area contributed by atoms with Crippen LogP contribution < -0.4 is 4.74 Å². The van der Waals surface area contributed by atoms with Crippen molar-refractivity contribution in [3.8, 4) is 5.75 Å². The third kappa shape index (κ3) is 3.03. The molecule has 0 bridgehead atoms. The van der Waals surface area contributed by atoms with Gasteiger partial charge in [0, 0.05) is 18.7 Å². The summed E-state index contributed by atoms with van der Waals surface area (Å²) in [5, 5.41) is 10.3. The standard InChI is InChI=1S/C15H23NO2/c1-15(2)8-9-16(11-15)10-13(17)12-6-4-5-7-14(12)18-3/h4-7,13,17H,8-11H2,1-3H3. The van der Waals surface area contributed by atoms with E-state index >= 15 is 0 Å². The average molecular weight is 249 g/mol. The fourth-order valence-corrected chi connectivity index (χ4v) is 2.66. The van der Waals surface area contributed by atoms with Crippen LogP contribution in [0.2, 0.25) is 0 Å². The Morgan fingerprint density at radius 3 is 2.72 bits per heavy atom. The normalized spacial score (nSPS) is 20.9. The molecular formula is C15H23NO2. The van der Waals surface area contributed by atoms with Gasteiger partial charge < -0.3 is 9.84 Å². The number of nitrogens with zero attached hydrogens (tertiary/aromatic N) is 1. The third-order valence-electron chi connectivity index (χ3n) is 3.69. The lowest BCUT2D eigenvalue weighted by Gasteiger charge is -2.23. The van der Waals surface area contributed by atoms with E-state index in [0.29, 0.717) is 12.0 Å². The number of hydrogen-bond acceptors (Lipinski definition) is 3. The minimum absolute atomic E-state index is 0.375. The van der Waals surface area contributed by atoms with Crippen LogP contribution in [0.3, 0.4) is 0 Å². The molecule has 1 N–H and O–H groups in total. The Morgan fingerprint density at radius 1 is 1.39 bits per heavy atom. The topological polar surface area (TPSA) is 32.7 Å². The molecule has 3 heteroatoms. The molecule has 0 amide bonds. The highest BCUT2D eigenvalue weighted by atomic mass is 16.5. The zero-order chi connectivity index (χ0) is 13.2. The molecule has 3 nitrogen and oxygen atoms in total. The van der Waals surface area contributed by atoms with E-state index in [9.17, 15) is 5.11 Å². The highest BCUT2D eigenvalue weighted by molar-refractivity contribution is 5.35. The highest BCUT2D eigenvalue weighted by Gasteiger charge is 2.30. The highest BCUT2D eigenvalue weighted by Crippen LogP contribution is 2.31. The van der Waals surface area contributed by atoms with Crippen molar-refractivity contribution < 1.29 is 9.84 Å². The Bertz CT molecular complexity index is 403. The van der Waals surface area contributed by atoms with E-state index in [4.69, 9.17) is 4.74 Å². The van der Waals surface area contributed by atoms with Gasteiger partial charge in [-0.15, -0.1) is 0 Å². The lowest BCUT2D eigenvalue weighted by atomic mass is 9.93. The minimum Gasteiger partial charge on any atom is -0.496 e. The number of β-amino-alcohol motifs (C(OH)–C–C–N with tert-alkyl or cyclic N) is 1.